The van der Waals surface area contributed by atoms with E-state index in [-0.39, 0.29) is 11.7 Å². The molecular weight excluding hydrogens is 497 g/mol. The lowest BCUT2D eigenvalue weighted by atomic mass is 10.1. The Kier molecular flexibility index (Phi) is 7.32. The fraction of sp³-hybridized carbons (Fsp3) is 0.276. The van der Waals surface area contributed by atoms with Crippen molar-refractivity contribution in [2.45, 2.75) is 19.4 Å². The van der Waals surface area contributed by atoms with Gasteiger partial charge in [0.05, 0.1) is 11.3 Å². The van der Waals surface area contributed by atoms with Crippen LogP contribution in [0.5, 0.6) is 0 Å². The number of hydrogen-bond donors (Lipinski definition) is 3. The smallest absolute Gasteiger partial charge is 0.247 e. The number of carbonyl (C=O) groups is 1. The summed E-state index contributed by atoms with van der Waals surface area (Å²) in [6, 6.07) is 14.4. The second-order valence-corrected chi connectivity index (χ2v) is 10.3. The number of rotatable bonds is 8. The average Bonchev–Trinajstić information content (AvgIpc) is 3.32. The van der Waals surface area contributed by atoms with Crippen LogP contribution in [0.15, 0.2) is 73.6 Å². The van der Waals surface area contributed by atoms with Gasteiger partial charge in [0.15, 0.2) is 0 Å². The lowest BCUT2D eigenvalue weighted by Crippen LogP contribution is -2.50. The monoisotopic (exact) mass is 529 g/mol. The Morgan fingerprint density at radius 1 is 1.13 bits per heavy atom. The van der Waals surface area contributed by atoms with Gasteiger partial charge in [-0.2, -0.15) is 4.98 Å². The van der Waals surface area contributed by atoms with Crippen molar-refractivity contribution in [1.82, 2.24) is 19.4 Å². The predicted molar refractivity (Wildman–Crippen MR) is 152 cm³/mol. The highest BCUT2D eigenvalue weighted by molar-refractivity contribution is 5.99. The summed E-state index contributed by atoms with van der Waals surface area (Å²) in [6.45, 7) is 10.6. The molecule has 1 aliphatic heterocycles. The largest absolute Gasteiger partial charge is 0.389 e. The van der Waals surface area contributed by atoms with E-state index >= 15 is 4.39 Å². The molecular formula is C29H32FN7O2. The van der Waals surface area contributed by atoms with Gasteiger partial charge in [0.2, 0.25) is 11.9 Å². The quantitative estimate of drug-likeness (QED) is 0.293. The van der Waals surface area contributed by atoms with Gasteiger partial charge in [-0.05, 0) is 62.4 Å². The summed E-state index contributed by atoms with van der Waals surface area (Å²) in [5, 5.41) is 16.8. The summed E-state index contributed by atoms with van der Waals surface area (Å²) in [7, 11) is 0. The maximum atomic E-state index is 15.1. The fourth-order valence-corrected chi connectivity index (χ4v) is 4.78. The van der Waals surface area contributed by atoms with Gasteiger partial charge in [0, 0.05) is 67.6 Å². The van der Waals surface area contributed by atoms with E-state index in [0.717, 1.165) is 24.2 Å². The summed E-state index contributed by atoms with van der Waals surface area (Å²) >= 11 is 0. The highest BCUT2D eigenvalue weighted by Crippen LogP contribution is 2.27. The molecule has 4 aromatic rings. The van der Waals surface area contributed by atoms with Crippen LogP contribution in [0.1, 0.15) is 13.8 Å². The number of aromatic nitrogens is 3. The number of nitrogens with zero attached hydrogens (tertiary/aromatic N) is 5. The van der Waals surface area contributed by atoms with Gasteiger partial charge in [0.1, 0.15) is 11.5 Å². The molecule has 0 aliphatic carbocycles. The Labute approximate surface area is 226 Å². The standard InChI is InChI=1S/C29H32FN7O2/c1-4-26(38)32-21-6-5-7-23(16-21)37-11-10-20-18-31-28(34-27(20)37)33-22-8-9-25(24(30)17-22)36-14-12-35(13-15-36)19-29(2,3)39/h4-11,16-18,39H,1,12-15,19H2,2-3H3,(H,32,38)(H,31,33,34). The molecule has 2 aromatic carbocycles. The fourth-order valence-electron chi connectivity index (χ4n) is 4.78. The van der Waals surface area contributed by atoms with Gasteiger partial charge in [0.25, 0.3) is 0 Å². The van der Waals surface area contributed by atoms with Crippen LogP contribution >= 0.6 is 0 Å². The van der Waals surface area contributed by atoms with Gasteiger partial charge in [-0.3, -0.25) is 9.69 Å². The molecule has 5 rings (SSSR count). The normalized spacial score (nSPS) is 14.4. The van der Waals surface area contributed by atoms with E-state index in [9.17, 15) is 9.90 Å². The second kappa shape index (κ2) is 10.8. The summed E-state index contributed by atoms with van der Waals surface area (Å²) in [5.41, 5.74) is 2.47. The van der Waals surface area contributed by atoms with Crippen LogP contribution in [0.4, 0.5) is 27.4 Å². The second-order valence-electron chi connectivity index (χ2n) is 10.3. The van der Waals surface area contributed by atoms with Crippen molar-refractivity contribution in [3.05, 3.63) is 79.4 Å². The Bertz CT molecular complexity index is 1500. The number of fused-ring (bicyclic) bond motifs is 1. The van der Waals surface area contributed by atoms with E-state index in [0.29, 0.717) is 48.3 Å². The number of carbonyl (C=O) groups excluding carboxylic acids is 1. The molecule has 9 nitrogen and oxygen atoms in total. The first-order valence-electron chi connectivity index (χ1n) is 12.8. The number of anilines is 4. The Morgan fingerprint density at radius 3 is 2.64 bits per heavy atom. The molecule has 0 atom stereocenters. The molecule has 39 heavy (non-hydrogen) atoms. The lowest BCUT2D eigenvalue weighted by molar-refractivity contribution is -0.111. The highest BCUT2D eigenvalue weighted by atomic mass is 19.1. The topological polar surface area (TPSA) is 98.6 Å². The summed E-state index contributed by atoms with van der Waals surface area (Å²) in [4.78, 5) is 25.0. The molecule has 0 unspecified atom stereocenters. The van der Waals surface area contributed by atoms with Crippen LogP contribution in [-0.2, 0) is 4.79 Å². The average molecular weight is 530 g/mol. The Morgan fingerprint density at radius 2 is 1.92 bits per heavy atom. The van der Waals surface area contributed by atoms with E-state index in [4.69, 9.17) is 0 Å². The summed E-state index contributed by atoms with van der Waals surface area (Å²) in [6.07, 6.45) is 4.81. The van der Waals surface area contributed by atoms with E-state index in [2.05, 4.69) is 32.1 Å². The number of piperazine rings is 1. The van der Waals surface area contributed by atoms with Crippen LogP contribution in [-0.4, -0.2) is 68.8 Å². The molecule has 1 saturated heterocycles. The predicted octanol–water partition coefficient (Wildman–Crippen LogP) is 4.32. The Balaban J connectivity index is 1.31. The van der Waals surface area contributed by atoms with Crippen LogP contribution in [0.3, 0.4) is 0 Å². The molecule has 10 heteroatoms. The van der Waals surface area contributed by atoms with Gasteiger partial charge in [-0.1, -0.05) is 12.6 Å². The number of benzene rings is 2. The molecule has 0 radical (unpaired) electrons. The number of hydrogen-bond acceptors (Lipinski definition) is 7. The minimum atomic E-state index is -0.749. The maximum absolute atomic E-state index is 15.1. The Hall–Kier alpha value is -4.28. The third kappa shape index (κ3) is 6.24. The zero-order chi connectivity index (χ0) is 27.6. The number of halogens is 1. The van der Waals surface area contributed by atoms with E-state index in [1.807, 2.05) is 46.0 Å². The number of amides is 1. The molecule has 0 saturated carbocycles. The van der Waals surface area contributed by atoms with E-state index < -0.39 is 5.60 Å². The third-order valence-corrected chi connectivity index (χ3v) is 6.53. The minimum Gasteiger partial charge on any atom is -0.389 e. The molecule has 3 heterocycles. The number of aliphatic hydroxyl groups is 1. The van der Waals surface area contributed by atoms with Crippen molar-refractivity contribution >= 4 is 40.0 Å². The molecule has 2 aromatic heterocycles. The molecule has 1 aliphatic rings. The van der Waals surface area contributed by atoms with Crippen LogP contribution in [0, 0.1) is 5.82 Å². The van der Waals surface area contributed by atoms with Crippen LogP contribution in [0.25, 0.3) is 16.7 Å². The van der Waals surface area contributed by atoms with Crippen molar-refractivity contribution in [3.8, 4) is 5.69 Å². The minimum absolute atomic E-state index is 0.287. The van der Waals surface area contributed by atoms with Crippen LogP contribution < -0.4 is 15.5 Å². The first kappa shape index (κ1) is 26.3. The molecule has 3 N–H and O–H groups in total. The molecule has 0 bridgehead atoms. The first-order chi connectivity index (χ1) is 18.7. The van der Waals surface area contributed by atoms with Gasteiger partial charge >= 0.3 is 0 Å². The van der Waals surface area contributed by atoms with E-state index in [1.165, 1.54) is 12.1 Å². The maximum Gasteiger partial charge on any atom is 0.247 e. The summed E-state index contributed by atoms with van der Waals surface area (Å²) in [5.74, 6) is -0.269. The van der Waals surface area contributed by atoms with Gasteiger partial charge in [-0.25, -0.2) is 9.37 Å². The molecule has 1 fully saturated rings. The van der Waals surface area contributed by atoms with Crippen molar-refractivity contribution in [2.75, 3.05) is 48.3 Å². The summed E-state index contributed by atoms with van der Waals surface area (Å²) < 4.78 is 17.0. The molecule has 1 amide bonds. The number of nitrogens with one attached hydrogen (secondary N) is 2. The van der Waals surface area contributed by atoms with Gasteiger partial charge in [-0.15, -0.1) is 0 Å². The number of β-amino-alcohol motifs (C(OH)–C–C–N with tert-alkyl or cyclic N) is 1. The van der Waals surface area contributed by atoms with Crippen molar-refractivity contribution in [2.24, 2.45) is 0 Å². The van der Waals surface area contributed by atoms with Crippen molar-refractivity contribution in [1.29, 1.82) is 0 Å². The van der Waals surface area contributed by atoms with Crippen molar-refractivity contribution < 1.29 is 14.3 Å². The molecule has 202 valence electrons. The van der Waals surface area contributed by atoms with E-state index in [1.54, 1.807) is 32.2 Å². The van der Waals surface area contributed by atoms with Crippen LogP contribution in [0.2, 0.25) is 0 Å². The lowest BCUT2D eigenvalue weighted by Gasteiger charge is -2.38. The zero-order valence-electron chi connectivity index (χ0n) is 22.1. The third-order valence-electron chi connectivity index (χ3n) is 6.53. The zero-order valence-corrected chi connectivity index (χ0v) is 22.1. The highest BCUT2D eigenvalue weighted by Gasteiger charge is 2.24. The molecule has 0 spiro atoms. The SMILES string of the molecule is C=CC(=O)Nc1cccc(-n2ccc3cnc(Nc4ccc(N5CCN(CC(C)(C)O)CC5)c(F)c4)nc32)c1. The van der Waals surface area contributed by atoms with Gasteiger partial charge < -0.3 is 25.2 Å². The first-order valence-corrected chi connectivity index (χ1v) is 12.8. The van der Waals surface area contributed by atoms with Crippen molar-refractivity contribution in [3.63, 3.8) is 0 Å².